The highest BCUT2D eigenvalue weighted by molar-refractivity contribution is 5.97. The van der Waals surface area contributed by atoms with Gasteiger partial charge in [0.1, 0.15) is 29.9 Å². The highest BCUT2D eigenvalue weighted by atomic mass is 19.1. The van der Waals surface area contributed by atoms with Crippen molar-refractivity contribution < 1.29 is 28.9 Å². The maximum atomic E-state index is 14.7. The molecule has 1 fully saturated rings. The van der Waals surface area contributed by atoms with Crippen LogP contribution in [0.3, 0.4) is 0 Å². The number of rotatable bonds is 8. The number of alkyl halides is 1. The molecule has 0 spiro atoms. The summed E-state index contributed by atoms with van der Waals surface area (Å²) in [5, 5.41) is 20.0. The Morgan fingerprint density at radius 3 is 2.71 bits per heavy atom. The minimum Gasteiger partial charge on any atom is -0.488 e. The lowest BCUT2D eigenvalue weighted by Gasteiger charge is -2.34. The number of hydrogen-bond acceptors (Lipinski definition) is 7. The number of amides is 1. The number of halogens is 1. The fourth-order valence-electron chi connectivity index (χ4n) is 5.74. The number of likely N-dealkylation sites (tertiary alicyclic amines) is 1. The maximum absolute atomic E-state index is 14.7. The number of carbonyl (C=O) groups excluding carboxylic acids is 1. The molecule has 4 atom stereocenters. The molecule has 2 aromatic rings. The molecule has 1 saturated heterocycles. The summed E-state index contributed by atoms with van der Waals surface area (Å²) >= 11 is 0. The molecule has 9 heteroatoms. The SMILES string of the molecule is CC1CN(C[C@H](O)CN2CCc3ccccc3C2)C(=O)c2ccc(O[C@@H]3CCN(CCO)C[C@H]3F)cc2O1. The average Bonchev–Trinajstić information content (AvgIpc) is 3.00. The second-order valence-corrected chi connectivity index (χ2v) is 10.7. The first kappa shape index (κ1) is 26.9. The lowest BCUT2D eigenvalue weighted by Crippen LogP contribution is -2.47. The second-order valence-electron chi connectivity index (χ2n) is 10.7. The van der Waals surface area contributed by atoms with Gasteiger partial charge >= 0.3 is 0 Å². The van der Waals surface area contributed by atoms with Gasteiger partial charge in [-0.1, -0.05) is 24.3 Å². The summed E-state index contributed by atoms with van der Waals surface area (Å²) in [6.45, 7) is 6.00. The van der Waals surface area contributed by atoms with E-state index in [0.29, 0.717) is 49.7 Å². The molecular weight excluding hydrogens is 489 g/mol. The van der Waals surface area contributed by atoms with Crippen molar-refractivity contribution in [2.24, 2.45) is 0 Å². The van der Waals surface area contributed by atoms with Crippen LogP contribution in [-0.2, 0) is 13.0 Å². The van der Waals surface area contributed by atoms with Gasteiger partial charge in [0.25, 0.3) is 5.91 Å². The molecule has 0 radical (unpaired) electrons. The number of fused-ring (bicyclic) bond motifs is 2. The van der Waals surface area contributed by atoms with Crippen molar-refractivity contribution in [2.45, 2.75) is 50.8 Å². The van der Waals surface area contributed by atoms with Crippen molar-refractivity contribution in [2.75, 3.05) is 52.4 Å². The van der Waals surface area contributed by atoms with Crippen molar-refractivity contribution in [1.82, 2.24) is 14.7 Å². The molecule has 0 saturated carbocycles. The van der Waals surface area contributed by atoms with E-state index >= 15 is 0 Å². The smallest absolute Gasteiger partial charge is 0.257 e. The van der Waals surface area contributed by atoms with E-state index in [1.807, 2.05) is 17.9 Å². The molecule has 3 heterocycles. The van der Waals surface area contributed by atoms with Crippen molar-refractivity contribution in [3.8, 4) is 11.5 Å². The van der Waals surface area contributed by atoms with Crippen LogP contribution in [0.1, 0.15) is 34.8 Å². The van der Waals surface area contributed by atoms with E-state index < -0.39 is 18.4 Å². The summed E-state index contributed by atoms with van der Waals surface area (Å²) in [4.78, 5) is 19.2. The second kappa shape index (κ2) is 12.0. The van der Waals surface area contributed by atoms with Crippen LogP contribution in [0.25, 0.3) is 0 Å². The Morgan fingerprint density at radius 2 is 1.92 bits per heavy atom. The Morgan fingerprint density at radius 1 is 1.11 bits per heavy atom. The van der Waals surface area contributed by atoms with E-state index in [1.54, 1.807) is 23.1 Å². The van der Waals surface area contributed by atoms with Gasteiger partial charge in [0, 0.05) is 51.9 Å². The summed E-state index contributed by atoms with van der Waals surface area (Å²) in [6, 6.07) is 13.4. The lowest BCUT2D eigenvalue weighted by atomic mass is 10.00. The van der Waals surface area contributed by atoms with Gasteiger partial charge in [-0.25, -0.2) is 4.39 Å². The van der Waals surface area contributed by atoms with Crippen molar-refractivity contribution in [1.29, 1.82) is 0 Å². The van der Waals surface area contributed by atoms with E-state index in [4.69, 9.17) is 14.6 Å². The molecule has 2 aromatic carbocycles. The maximum Gasteiger partial charge on any atom is 0.257 e. The summed E-state index contributed by atoms with van der Waals surface area (Å²) in [5.74, 6) is 0.684. The molecular formula is C29H38FN3O5. The van der Waals surface area contributed by atoms with Crippen LogP contribution in [0.4, 0.5) is 4.39 Å². The summed E-state index contributed by atoms with van der Waals surface area (Å²) in [7, 11) is 0. The number of hydrogen-bond donors (Lipinski definition) is 2. The zero-order valence-electron chi connectivity index (χ0n) is 22.0. The van der Waals surface area contributed by atoms with Gasteiger partial charge in [-0.15, -0.1) is 0 Å². The lowest BCUT2D eigenvalue weighted by molar-refractivity contribution is 0.0166. The Hall–Kier alpha value is -2.72. The molecule has 2 N–H and O–H groups in total. The van der Waals surface area contributed by atoms with E-state index in [1.165, 1.54) is 11.1 Å². The molecule has 8 nitrogen and oxygen atoms in total. The fraction of sp³-hybridized carbons (Fsp3) is 0.552. The zero-order valence-corrected chi connectivity index (χ0v) is 22.0. The van der Waals surface area contributed by atoms with Crippen LogP contribution < -0.4 is 9.47 Å². The fourth-order valence-corrected chi connectivity index (χ4v) is 5.74. The number of β-amino-alcohol motifs (C(OH)–C–C–N with tert-alkyl or cyclic N) is 2. The Bertz CT molecular complexity index is 1120. The van der Waals surface area contributed by atoms with E-state index in [0.717, 1.165) is 19.5 Å². The van der Waals surface area contributed by atoms with Crippen LogP contribution >= 0.6 is 0 Å². The van der Waals surface area contributed by atoms with Gasteiger partial charge in [-0.2, -0.15) is 0 Å². The normalized spacial score (nSPS) is 25.2. The van der Waals surface area contributed by atoms with Crippen molar-refractivity contribution >= 4 is 5.91 Å². The predicted octanol–water partition coefficient (Wildman–Crippen LogP) is 2.11. The van der Waals surface area contributed by atoms with Crippen LogP contribution in [0.15, 0.2) is 42.5 Å². The first-order valence-electron chi connectivity index (χ1n) is 13.6. The third kappa shape index (κ3) is 6.29. The van der Waals surface area contributed by atoms with Gasteiger partial charge in [0.2, 0.25) is 0 Å². The highest BCUT2D eigenvalue weighted by Crippen LogP contribution is 2.31. The number of ether oxygens (including phenoxy) is 2. The monoisotopic (exact) mass is 527 g/mol. The van der Waals surface area contributed by atoms with Crippen LogP contribution in [-0.4, -0.2) is 108 Å². The number of carbonyl (C=O) groups is 1. The van der Waals surface area contributed by atoms with Crippen LogP contribution in [0, 0.1) is 0 Å². The summed E-state index contributed by atoms with van der Waals surface area (Å²) in [6.07, 6.45) is -1.24. The Kier molecular flexibility index (Phi) is 8.48. The molecule has 0 aliphatic carbocycles. The number of piperidine rings is 1. The Labute approximate surface area is 223 Å². The van der Waals surface area contributed by atoms with Gasteiger partial charge in [-0.05, 0) is 43.0 Å². The minimum absolute atomic E-state index is 0.00739. The average molecular weight is 528 g/mol. The molecule has 3 aliphatic heterocycles. The molecule has 0 aromatic heterocycles. The predicted molar refractivity (Wildman–Crippen MR) is 141 cm³/mol. The summed E-state index contributed by atoms with van der Waals surface area (Å²) < 4.78 is 26.7. The molecule has 38 heavy (non-hydrogen) atoms. The first-order valence-corrected chi connectivity index (χ1v) is 13.6. The molecule has 206 valence electrons. The van der Waals surface area contributed by atoms with E-state index in [9.17, 15) is 14.3 Å². The Balaban J connectivity index is 1.20. The molecule has 1 unspecified atom stereocenters. The molecule has 1 amide bonds. The van der Waals surface area contributed by atoms with E-state index in [-0.39, 0.29) is 31.7 Å². The topological polar surface area (TPSA) is 85.7 Å². The molecule has 0 bridgehead atoms. The number of nitrogens with zero attached hydrogens (tertiary/aromatic N) is 3. The largest absolute Gasteiger partial charge is 0.488 e. The third-order valence-electron chi connectivity index (χ3n) is 7.66. The van der Waals surface area contributed by atoms with Crippen molar-refractivity contribution in [3.05, 3.63) is 59.2 Å². The minimum atomic E-state index is -1.17. The third-order valence-corrected chi connectivity index (χ3v) is 7.66. The van der Waals surface area contributed by atoms with Crippen LogP contribution in [0.5, 0.6) is 11.5 Å². The highest BCUT2D eigenvalue weighted by Gasteiger charge is 2.32. The molecule has 3 aliphatic rings. The number of aliphatic hydroxyl groups excluding tert-OH is 2. The van der Waals surface area contributed by atoms with Gasteiger partial charge in [0.15, 0.2) is 0 Å². The van der Waals surface area contributed by atoms with Gasteiger partial charge in [0.05, 0.1) is 24.8 Å². The van der Waals surface area contributed by atoms with E-state index in [2.05, 4.69) is 23.1 Å². The first-order chi connectivity index (χ1) is 18.4. The number of benzene rings is 2. The quantitative estimate of drug-likeness (QED) is 0.544. The van der Waals surface area contributed by atoms with Gasteiger partial charge < -0.3 is 24.6 Å². The molecule has 5 rings (SSSR count). The van der Waals surface area contributed by atoms with Gasteiger partial charge in [-0.3, -0.25) is 14.6 Å². The van der Waals surface area contributed by atoms with Crippen molar-refractivity contribution in [3.63, 3.8) is 0 Å². The summed E-state index contributed by atoms with van der Waals surface area (Å²) in [5.41, 5.74) is 3.07. The number of aliphatic hydroxyl groups is 2. The standard InChI is InChI=1S/C29H38FN3O5/c1-20-15-33(18-23(35)17-32-10-8-21-4-2-3-5-22(21)16-32)29(36)25-7-6-24(14-28(25)37-20)38-27-9-11-31(12-13-34)19-26(27)30/h2-7,14,20,23,26-27,34-35H,8-13,15-19H2,1H3/t20?,23-,26-,27-/m1/s1. The van der Waals surface area contributed by atoms with Crippen LogP contribution in [0.2, 0.25) is 0 Å². The zero-order chi connectivity index (χ0) is 26.6.